The lowest BCUT2D eigenvalue weighted by molar-refractivity contribution is -0.136. The van der Waals surface area contributed by atoms with E-state index in [-0.39, 0.29) is 17.7 Å². The molecule has 0 radical (unpaired) electrons. The molecule has 0 aromatic heterocycles. The first-order chi connectivity index (χ1) is 14.6. The van der Waals surface area contributed by atoms with E-state index in [1.165, 1.54) is 0 Å². The molecule has 2 amide bonds. The third-order valence-electron chi connectivity index (χ3n) is 6.15. The number of rotatable bonds is 5. The lowest BCUT2D eigenvalue weighted by Gasteiger charge is -2.37. The fourth-order valence-corrected chi connectivity index (χ4v) is 4.43. The molecule has 4 rings (SSSR count). The Balaban J connectivity index is 1.38. The van der Waals surface area contributed by atoms with Crippen molar-refractivity contribution >= 4 is 23.2 Å². The maximum Gasteiger partial charge on any atom is 0.228 e. The van der Waals surface area contributed by atoms with Crippen molar-refractivity contribution in [2.24, 2.45) is 5.92 Å². The molecule has 2 aromatic rings. The fraction of sp³-hybridized carbons (Fsp3) is 0.417. The van der Waals surface area contributed by atoms with Gasteiger partial charge >= 0.3 is 0 Å². The van der Waals surface area contributed by atoms with Gasteiger partial charge in [-0.3, -0.25) is 9.59 Å². The van der Waals surface area contributed by atoms with E-state index in [0.717, 1.165) is 42.2 Å². The fourth-order valence-electron chi connectivity index (χ4n) is 4.43. The van der Waals surface area contributed by atoms with Crippen LogP contribution in [0.25, 0.3) is 0 Å². The van der Waals surface area contributed by atoms with Gasteiger partial charge in [0.25, 0.3) is 0 Å². The molecule has 2 fully saturated rings. The summed E-state index contributed by atoms with van der Waals surface area (Å²) in [4.78, 5) is 31.8. The molecule has 1 unspecified atom stereocenters. The Hall–Kier alpha value is -3.02. The largest absolute Gasteiger partial charge is 0.497 e. The Bertz CT molecular complexity index is 921. The van der Waals surface area contributed by atoms with Crippen molar-refractivity contribution in [2.45, 2.75) is 19.8 Å². The second-order valence-electron chi connectivity index (χ2n) is 7.90. The lowest BCUT2D eigenvalue weighted by atomic mass is 10.1. The number of piperazine rings is 1. The number of carbonyl (C=O) groups excluding carboxylic acids is 2. The molecule has 0 aliphatic carbocycles. The average Bonchev–Trinajstić information content (AvgIpc) is 3.20. The zero-order valence-electron chi connectivity index (χ0n) is 17.7. The quantitative estimate of drug-likeness (QED) is 0.765. The van der Waals surface area contributed by atoms with Gasteiger partial charge < -0.3 is 19.4 Å². The molecular weight excluding hydrogens is 378 g/mol. The highest BCUT2D eigenvalue weighted by molar-refractivity contribution is 6.00. The predicted molar refractivity (Wildman–Crippen MR) is 118 cm³/mol. The van der Waals surface area contributed by atoms with Gasteiger partial charge in [0.2, 0.25) is 11.8 Å². The highest BCUT2D eigenvalue weighted by Crippen LogP contribution is 2.30. The highest BCUT2D eigenvalue weighted by Gasteiger charge is 2.38. The molecule has 0 bridgehead atoms. The van der Waals surface area contributed by atoms with Crippen molar-refractivity contribution in [3.05, 3.63) is 54.1 Å². The van der Waals surface area contributed by atoms with Crippen LogP contribution in [-0.4, -0.2) is 56.5 Å². The Morgan fingerprint density at radius 2 is 1.83 bits per heavy atom. The van der Waals surface area contributed by atoms with Crippen molar-refractivity contribution in [1.29, 1.82) is 0 Å². The number of anilines is 2. The number of nitrogens with zero attached hydrogens (tertiary/aromatic N) is 3. The summed E-state index contributed by atoms with van der Waals surface area (Å²) in [5.74, 6) is 0.725. The standard InChI is InChI=1S/C24H29N3O3/c1-3-18-7-4-5-10-22(18)27-17-19(15-23(27)28)24(29)26-13-11-25(12-14-26)20-8-6-9-21(16-20)30-2/h4-10,16,19H,3,11-15,17H2,1-2H3. The Labute approximate surface area is 178 Å². The van der Waals surface area contributed by atoms with Crippen LogP contribution in [0.4, 0.5) is 11.4 Å². The molecule has 6 nitrogen and oxygen atoms in total. The van der Waals surface area contributed by atoms with Gasteiger partial charge in [-0.1, -0.05) is 31.2 Å². The van der Waals surface area contributed by atoms with Gasteiger partial charge in [-0.2, -0.15) is 0 Å². The van der Waals surface area contributed by atoms with Crippen LogP contribution in [0.15, 0.2) is 48.5 Å². The van der Waals surface area contributed by atoms with Crippen LogP contribution in [0.1, 0.15) is 18.9 Å². The van der Waals surface area contributed by atoms with Gasteiger partial charge in [-0.25, -0.2) is 0 Å². The molecule has 2 saturated heterocycles. The van der Waals surface area contributed by atoms with Crippen LogP contribution >= 0.6 is 0 Å². The van der Waals surface area contributed by atoms with Crippen molar-refractivity contribution in [1.82, 2.24) is 4.90 Å². The summed E-state index contributed by atoms with van der Waals surface area (Å²) < 4.78 is 5.32. The number of hydrogen-bond donors (Lipinski definition) is 0. The van der Waals surface area contributed by atoms with Crippen LogP contribution in [0.2, 0.25) is 0 Å². The average molecular weight is 408 g/mol. The molecule has 2 aliphatic heterocycles. The number of carbonyl (C=O) groups is 2. The monoisotopic (exact) mass is 407 g/mol. The minimum absolute atomic E-state index is 0.0456. The zero-order valence-corrected chi connectivity index (χ0v) is 17.7. The minimum atomic E-state index is -0.259. The van der Waals surface area contributed by atoms with E-state index in [4.69, 9.17) is 4.74 Å². The SMILES string of the molecule is CCc1ccccc1N1CC(C(=O)N2CCN(c3cccc(OC)c3)CC2)CC1=O. The molecule has 158 valence electrons. The Kier molecular flexibility index (Phi) is 5.93. The summed E-state index contributed by atoms with van der Waals surface area (Å²) in [5.41, 5.74) is 3.20. The van der Waals surface area contributed by atoms with E-state index in [0.29, 0.717) is 26.1 Å². The predicted octanol–water partition coefficient (Wildman–Crippen LogP) is 2.96. The normalized spacial score (nSPS) is 19.3. The molecule has 1 atom stereocenters. The summed E-state index contributed by atoms with van der Waals surface area (Å²) in [6, 6.07) is 16.0. The van der Waals surface area contributed by atoms with Gasteiger partial charge in [0.1, 0.15) is 5.75 Å². The summed E-state index contributed by atoms with van der Waals surface area (Å²) >= 11 is 0. The van der Waals surface area contributed by atoms with Crippen LogP contribution in [0, 0.1) is 5.92 Å². The third-order valence-corrected chi connectivity index (χ3v) is 6.15. The van der Waals surface area contributed by atoms with E-state index in [2.05, 4.69) is 24.0 Å². The number of amides is 2. The lowest BCUT2D eigenvalue weighted by Crippen LogP contribution is -2.50. The van der Waals surface area contributed by atoms with Crippen molar-refractivity contribution < 1.29 is 14.3 Å². The summed E-state index contributed by atoms with van der Waals surface area (Å²) in [6.07, 6.45) is 1.16. The van der Waals surface area contributed by atoms with E-state index in [1.807, 2.05) is 41.3 Å². The number of ether oxygens (including phenoxy) is 1. The van der Waals surface area contributed by atoms with Crippen LogP contribution in [0.3, 0.4) is 0 Å². The molecule has 0 spiro atoms. The number of hydrogen-bond acceptors (Lipinski definition) is 4. The Morgan fingerprint density at radius 1 is 1.07 bits per heavy atom. The van der Waals surface area contributed by atoms with Crippen molar-refractivity contribution in [3.63, 3.8) is 0 Å². The smallest absolute Gasteiger partial charge is 0.228 e. The minimum Gasteiger partial charge on any atom is -0.497 e. The molecule has 2 aliphatic rings. The highest BCUT2D eigenvalue weighted by atomic mass is 16.5. The van der Waals surface area contributed by atoms with Gasteiger partial charge in [0.15, 0.2) is 0 Å². The van der Waals surface area contributed by atoms with E-state index in [9.17, 15) is 9.59 Å². The number of benzene rings is 2. The topological polar surface area (TPSA) is 53.1 Å². The van der Waals surface area contributed by atoms with Gasteiger partial charge in [0.05, 0.1) is 13.0 Å². The molecule has 30 heavy (non-hydrogen) atoms. The van der Waals surface area contributed by atoms with E-state index >= 15 is 0 Å². The summed E-state index contributed by atoms with van der Waals surface area (Å²) in [6.45, 7) is 5.47. The molecule has 2 aromatic carbocycles. The van der Waals surface area contributed by atoms with Gasteiger partial charge in [-0.05, 0) is 30.2 Å². The first kappa shape index (κ1) is 20.3. The third kappa shape index (κ3) is 3.99. The van der Waals surface area contributed by atoms with Gasteiger partial charge in [-0.15, -0.1) is 0 Å². The number of para-hydroxylation sites is 1. The van der Waals surface area contributed by atoms with Crippen LogP contribution < -0.4 is 14.5 Å². The zero-order chi connectivity index (χ0) is 21.1. The Morgan fingerprint density at radius 3 is 2.57 bits per heavy atom. The first-order valence-electron chi connectivity index (χ1n) is 10.7. The second-order valence-corrected chi connectivity index (χ2v) is 7.90. The first-order valence-corrected chi connectivity index (χ1v) is 10.7. The molecule has 6 heteroatoms. The number of aryl methyl sites for hydroxylation is 1. The maximum atomic E-state index is 13.1. The second kappa shape index (κ2) is 8.78. The van der Waals surface area contributed by atoms with E-state index < -0.39 is 0 Å². The molecule has 0 N–H and O–H groups in total. The number of methoxy groups -OCH3 is 1. The van der Waals surface area contributed by atoms with Crippen LogP contribution in [0.5, 0.6) is 5.75 Å². The van der Waals surface area contributed by atoms with Crippen molar-refractivity contribution in [3.8, 4) is 5.75 Å². The van der Waals surface area contributed by atoms with Crippen molar-refractivity contribution in [2.75, 3.05) is 49.6 Å². The van der Waals surface area contributed by atoms with E-state index in [1.54, 1.807) is 12.0 Å². The summed E-state index contributed by atoms with van der Waals surface area (Å²) in [5, 5.41) is 0. The molecule has 0 saturated carbocycles. The molecule has 2 heterocycles. The van der Waals surface area contributed by atoms with Gasteiger partial charge in [0, 0.05) is 56.6 Å². The molecular formula is C24H29N3O3. The maximum absolute atomic E-state index is 13.1. The summed E-state index contributed by atoms with van der Waals surface area (Å²) in [7, 11) is 1.67. The van der Waals surface area contributed by atoms with Crippen LogP contribution in [-0.2, 0) is 16.0 Å².